The molecule has 0 saturated heterocycles. The van der Waals surface area contributed by atoms with Crippen molar-refractivity contribution in [3.8, 4) is 5.75 Å². The molecule has 1 unspecified atom stereocenters. The second-order valence-electron chi connectivity index (χ2n) is 4.10. The number of alkyl halides is 4. The smallest absolute Gasteiger partial charge is 0.281 e. The van der Waals surface area contributed by atoms with Crippen molar-refractivity contribution in [2.45, 2.75) is 24.9 Å². The lowest BCUT2D eigenvalue weighted by molar-refractivity contribution is -0.0971. The average molecular weight is 502 g/mol. The lowest BCUT2D eigenvalue weighted by atomic mass is 10.1. The van der Waals surface area contributed by atoms with Gasteiger partial charge in [0.15, 0.2) is 0 Å². The van der Waals surface area contributed by atoms with E-state index in [4.69, 9.17) is 4.74 Å². The van der Waals surface area contributed by atoms with E-state index in [0.29, 0.717) is 7.14 Å². The molecule has 0 heterocycles. The van der Waals surface area contributed by atoms with Crippen LogP contribution in [0.3, 0.4) is 0 Å². The Morgan fingerprint density at radius 1 is 1.37 bits per heavy atom. The third kappa shape index (κ3) is 2.94. The van der Waals surface area contributed by atoms with Crippen molar-refractivity contribution in [2.75, 3.05) is 6.61 Å². The summed E-state index contributed by atoms with van der Waals surface area (Å²) >= 11 is 3.68. The minimum absolute atomic E-state index is 0.0209. The van der Waals surface area contributed by atoms with Crippen LogP contribution in [0.1, 0.15) is 17.2 Å². The molecule has 19 heavy (non-hydrogen) atoms. The second kappa shape index (κ2) is 5.51. The molecule has 0 amide bonds. The van der Waals surface area contributed by atoms with Crippen molar-refractivity contribution in [2.24, 2.45) is 0 Å². The number of halogens is 6. The van der Waals surface area contributed by atoms with Gasteiger partial charge in [-0.2, -0.15) is 0 Å². The molecular formula is C11H8F4I2O2. The lowest BCUT2D eigenvalue weighted by Crippen LogP contribution is -2.21. The molecule has 0 spiro atoms. The molecule has 0 fully saturated rings. The van der Waals surface area contributed by atoms with Crippen molar-refractivity contribution in [3.05, 3.63) is 24.3 Å². The predicted molar refractivity (Wildman–Crippen MR) is 77.0 cm³/mol. The largest absolute Gasteiger partial charge is 0.486 e. The Morgan fingerprint density at radius 3 is 2.58 bits per heavy atom. The molecule has 106 valence electrons. The number of hydrogen-bond donors (Lipinski definition) is 1. The highest BCUT2D eigenvalue weighted by atomic mass is 127. The fourth-order valence-electron chi connectivity index (χ4n) is 1.98. The first-order chi connectivity index (χ1) is 8.74. The summed E-state index contributed by atoms with van der Waals surface area (Å²) in [6.45, 7) is -0.856. The molecule has 1 N–H and O–H groups in total. The maximum absolute atomic E-state index is 13.6. The third-order valence-corrected chi connectivity index (χ3v) is 4.46. The first kappa shape index (κ1) is 15.5. The van der Waals surface area contributed by atoms with E-state index in [2.05, 4.69) is 0 Å². The monoisotopic (exact) mass is 502 g/mol. The maximum atomic E-state index is 13.6. The summed E-state index contributed by atoms with van der Waals surface area (Å²) in [5, 5.41) is 9.62. The molecular weight excluding hydrogens is 494 g/mol. The van der Waals surface area contributed by atoms with Crippen molar-refractivity contribution >= 4 is 45.2 Å². The number of hydrogen-bond acceptors (Lipinski definition) is 2. The van der Waals surface area contributed by atoms with Crippen LogP contribution in [0.2, 0.25) is 0 Å². The van der Waals surface area contributed by atoms with E-state index in [9.17, 15) is 22.7 Å². The van der Waals surface area contributed by atoms with Crippen LogP contribution in [-0.4, -0.2) is 24.1 Å². The second-order valence-corrected chi connectivity index (χ2v) is 6.43. The molecule has 0 saturated carbocycles. The van der Waals surface area contributed by atoms with E-state index >= 15 is 0 Å². The fourth-order valence-corrected chi connectivity index (χ4v) is 4.30. The summed E-state index contributed by atoms with van der Waals surface area (Å²) in [5.74, 6) is -3.28. The van der Waals surface area contributed by atoms with Gasteiger partial charge in [-0.05, 0) is 51.2 Å². The molecule has 8 heteroatoms. The van der Waals surface area contributed by atoms with Gasteiger partial charge >= 0.3 is 0 Å². The first-order valence-electron chi connectivity index (χ1n) is 5.21. The molecule has 1 aromatic carbocycles. The van der Waals surface area contributed by atoms with E-state index in [1.54, 1.807) is 0 Å². The Kier molecular flexibility index (Phi) is 4.51. The van der Waals surface area contributed by atoms with Crippen molar-refractivity contribution in [1.82, 2.24) is 0 Å². The molecule has 0 radical (unpaired) electrons. The van der Waals surface area contributed by atoms with Gasteiger partial charge < -0.3 is 9.84 Å². The SMILES string of the molecule is OC1c2c(I)cc(I)c(OCC(F)F)c2CC1(F)F. The van der Waals surface area contributed by atoms with E-state index in [1.807, 2.05) is 45.2 Å². The van der Waals surface area contributed by atoms with Crippen LogP contribution in [0.5, 0.6) is 5.75 Å². The summed E-state index contributed by atoms with van der Waals surface area (Å²) in [4.78, 5) is 0. The number of benzene rings is 1. The molecule has 0 aromatic heterocycles. The van der Waals surface area contributed by atoms with E-state index in [0.717, 1.165) is 0 Å². The molecule has 1 atom stereocenters. The van der Waals surface area contributed by atoms with Gasteiger partial charge in [0.1, 0.15) is 18.5 Å². The van der Waals surface area contributed by atoms with Crippen LogP contribution >= 0.6 is 45.2 Å². The zero-order chi connectivity index (χ0) is 14.4. The minimum atomic E-state index is -3.30. The van der Waals surface area contributed by atoms with Gasteiger partial charge in [-0.1, -0.05) is 0 Å². The van der Waals surface area contributed by atoms with Gasteiger partial charge in [0.25, 0.3) is 12.3 Å². The fraction of sp³-hybridized carbons (Fsp3) is 0.455. The van der Waals surface area contributed by atoms with Gasteiger partial charge in [-0.25, -0.2) is 17.6 Å². The number of aliphatic hydroxyl groups is 1. The summed E-state index contributed by atoms with van der Waals surface area (Å²) < 4.78 is 57.4. The Balaban J connectivity index is 2.47. The van der Waals surface area contributed by atoms with Crippen LogP contribution in [0.25, 0.3) is 0 Å². The normalized spacial score (nSPS) is 20.7. The summed E-state index contributed by atoms with van der Waals surface area (Å²) in [6, 6.07) is 1.53. The van der Waals surface area contributed by atoms with Gasteiger partial charge in [0.2, 0.25) is 0 Å². The highest BCUT2D eigenvalue weighted by molar-refractivity contribution is 14.1. The topological polar surface area (TPSA) is 29.5 Å². The number of rotatable bonds is 3. The Labute approximate surface area is 133 Å². The van der Waals surface area contributed by atoms with Crippen LogP contribution in [-0.2, 0) is 6.42 Å². The maximum Gasteiger partial charge on any atom is 0.281 e. The zero-order valence-corrected chi connectivity index (χ0v) is 13.6. The van der Waals surface area contributed by atoms with E-state index in [-0.39, 0.29) is 16.9 Å². The van der Waals surface area contributed by atoms with Gasteiger partial charge in [0.05, 0.1) is 3.57 Å². The van der Waals surface area contributed by atoms with Gasteiger partial charge in [-0.3, -0.25) is 0 Å². The Morgan fingerprint density at radius 2 is 2.00 bits per heavy atom. The third-order valence-electron chi connectivity index (χ3n) is 2.77. The Bertz CT molecular complexity index is 508. The average Bonchev–Trinajstić information content (AvgIpc) is 2.49. The zero-order valence-electron chi connectivity index (χ0n) is 9.27. The molecule has 0 bridgehead atoms. The number of ether oxygens (including phenoxy) is 1. The summed E-state index contributed by atoms with van der Waals surface area (Å²) in [6.07, 6.45) is -5.30. The summed E-state index contributed by atoms with van der Waals surface area (Å²) in [7, 11) is 0. The first-order valence-corrected chi connectivity index (χ1v) is 7.37. The minimum Gasteiger partial charge on any atom is -0.486 e. The van der Waals surface area contributed by atoms with Crippen LogP contribution in [0.4, 0.5) is 17.6 Å². The number of aliphatic hydroxyl groups excluding tert-OH is 1. The standard InChI is InChI=1S/C11H8F4I2O2/c12-7(13)3-19-9-4-2-11(14,15)10(18)8(4)5(16)1-6(9)17/h1,7,10,18H,2-3H2. The lowest BCUT2D eigenvalue weighted by Gasteiger charge is -2.15. The quantitative estimate of drug-likeness (QED) is 0.505. The van der Waals surface area contributed by atoms with Gasteiger partial charge in [0, 0.05) is 21.1 Å². The highest BCUT2D eigenvalue weighted by Crippen LogP contribution is 2.49. The number of fused-ring (bicyclic) bond motifs is 1. The van der Waals surface area contributed by atoms with Crippen LogP contribution < -0.4 is 4.74 Å². The van der Waals surface area contributed by atoms with E-state index in [1.165, 1.54) is 6.07 Å². The molecule has 1 aliphatic rings. The Hall–Kier alpha value is 0.160. The molecule has 1 aliphatic carbocycles. The van der Waals surface area contributed by atoms with Crippen molar-refractivity contribution in [3.63, 3.8) is 0 Å². The van der Waals surface area contributed by atoms with Crippen LogP contribution in [0.15, 0.2) is 6.07 Å². The summed E-state index contributed by atoms with van der Waals surface area (Å²) in [5.41, 5.74) is 0.199. The molecule has 1 aromatic rings. The predicted octanol–water partition coefficient (Wildman–Crippen LogP) is 3.76. The van der Waals surface area contributed by atoms with Crippen molar-refractivity contribution in [1.29, 1.82) is 0 Å². The van der Waals surface area contributed by atoms with Crippen molar-refractivity contribution < 1.29 is 27.4 Å². The van der Waals surface area contributed by atoms with Crippen LogP contribution in [0, 0.1) is 7.14 Å². The molecule has 0 aliphatic heterocycles. The highest BCUT2D eigenvalue weighted by Gasteiger charge is 2.49. The molecule has 2 nitrogen and oxygen atoms in total. The molecule has 2 rings (SSSR count). The van der Waals surface area contributed by atoms with E-state index < -0.39 is 31.5 Å². The van der Waals surface area contributed by atoms with Gasteiger partial charge in [-0.15, -0.1) is 0 Å².